The summed E-state index contributed by atoms with van der Waals surface area (Å²) in [5.41, 5.74) is 5.74. The minimum atomic E-state index is 0.495. The van der Waals surface area contributed by atoms with E-state index in [1.54, 1.807) is 0 Å². The lowest BCUT2D eigenvalue weighted by molar-refractivity contribution is 0.867. The molecule has 100 valence electrons. The normalized spacial score (nSPS) is 10.6. The van der Waals surface area contributed by atoms with Crippen molar-refractivity contribution in [2.24, 2.45) is 5.84 Å². The first kappa shape index (κ1) is 13.3. The highest BCUT2D eigenvalue weighted by atomic mass is 15.3. The summed E-state index contributed by atoms with van der Waals surface area (Å²) >= 11 is 0. The van der Waals surface area contributed by atoms with Gasteiger partial charge in [-0.05, 0) is 30.5 Å². The van der Waals surface area contributed by atoms with Crippen LogP contribution >= 0.6 is 0 Å². The molecule has 1 heterocycles. The van der Waals surface area contributed by atoms with E-state index in [1.807, 2.05) is 19.1 Å². The third kappa shape index (κ3) is 3.00. The SMILES string of the molecule is Cc1c(NN)ncnc1Nc1cccc(C(C)C)c1. The van der Waals surface area contributed by atoms with Gasteiger partial charge in [0.2, 0.25) is 0 Å². The summed E-state index contributed by atoms with van der Waals surface area (Å²) in [6, 6.07) is 8.30. The lowest BCUT2D eigenvalue weighted by Crippen LogP contribution is -2.11. The molecule has 2 rings (SSSR count). The second-order valence-electron chi connectivity index (χ2n) is 4.75. The van der Waals surface area contributed by atoms with Crippen LogP contribution in [0.5, 0.6) is 0 Å². The van der Waals surface area contributed by atoms with Crippen molar-refractivity contribution in [2.75, 3.05) is 10.7 Å². The number of anilines is 3. The maximum atomic E-state index is 5.41. The highest BCUT2D eigenvalue weighted by Crippen LogP contribution is 2.24. The zero-order valence-corrected chi connectivity index (χ0v) is 11.4. The molecule has 0 aliphatic heterocycles. The molecule has 19 heavy (non-hydrogen) atoms. The van der Waals surface area contributed by atoms with Crippen molar-refractivity contribution in [3.63, 3.8) is 0 Å². The fourth-order valence-corrected chi connectivity index (χ4v) is 1.83. The van der Waals surface area contributed by atoms with E-state index in [9.17, 15) is 0 Å². The molecule has 0 radical (unpaired) electrons. The van der Waals surface area contributed by atoms with Crippen LogP contribution in [0.2, 0.25) is 0 Å². The molecule has 0 saturated carbocycles. The van der Waals surface area contributed by atoms with Crippen molar-refractivity contribution in [3.05, 3.63) is 41.7 Å². The van der Waals surface area contributed by atoms with Crippen LogP contribution in [-0.2, 0) is 0 Å². The molecule has 0 aliphatic rings. The molecule has 0 aliphatic carbocycles. The number of rotatable bonds is 4. The van der Waals surface area contributed by atoms with Gasteiger partial charge in [-0.25, -0.2) is 15.8 Å². The molecule has 4 N–H and O–H groups in total. The molecule has 2 aromatic rings. The minimum absolute atomic E-state index is 0.495. The summed E-state index contributed by atoms with van der Waals surface area (Å²) in [5.74, 6) is 7.28. The second-order valence-corrected chi connectivity index (χ2v) is 4.75. The van der Waals surface area contributed by atoms with E-state index in [-0.39, 0.29) is 0 Å². The highest BCUT2D eigenvalue weighted by Gasteiger charge is 2.07. The van der Waals surface area contributed by atoms with E-state index in [4.69, 9.17) is 5.84 Å². The van der Waals surface area contributed by atoms with Gasteiger partial charge >= 0.3 is 0 Å². The monoisotopic (exact) mass is 257 g/mol. The smallest absolute Gasteiger partial charge is 0.148 e. The highest BCUT2D eigenvalue weighted by molar-refractivity contribution is 5.64. The molecule has 5 heteroatoms. The molecule has 5 nitrogen and oxygen atoms in total. The third-order valence-corrected chi connectivity index (χ3v) is 3.04. The lowest BCUT2D eigenvalue weighted by atomic mass is 10.0. The van der Waals surface area contributed by atoms with E-state index in [1.165, 1.54) is 11.9 Å². The largest absolute Gasteiger partial charge is 0.340 e. The van der Waals surface area contributed by atoms with E-state index >= 15 is 0 Å². The Morgan fingerprint density at radius 1 is 1.16 bits per heavy atom. The van der Waals surface area contributed by atoms with Crippen molar-refractivity contribution in [1.29, 1.82) is 0 Å². The number of nitrogens with one attached hydrogen (secondary N) is 2. The van der Waals surface area contributed by atoms with Crippen LogP contribution in [0.3, 0.4) is 0 Å². The number of hydrogen-bond donors (Lipinski definition) is 3. The number of hydrogen-bond acceptors (Lipinski definition) is 5. The van der Waals surface area contributed by atoms with Crippen molar-refractivity contribution in [1.82, 2.24) is 9.97 Å². The van der Waals surface area contributed by atoms with E-state index in [0.29, 0.717) is 11.7 Å². The van der Waals surface area contributed by atoms with Crippen LogP contribution in [0.15, 0.2) is 30.6 Å². The van der Waals surface area contributed by atoms with Gasteiger partial charge in [0.15, 0.2) is 0 Å². The van der Waals surface area contributed by atoms with Crippen LogP contribution in [-0.4, -0.2) is 9.97 Å². The average Bonchev–Trinajstić information content (AvgIpc) is 2.41. The van der Waals surface area contributed by atoms with Gasteiger partial charge in [0.1, 0.15) is 18.0 Å². The zero-order chi connectivity index (χ0) is 13.8. The predicted molar refractivity (Wildman–Crippen MR) is 78.4 cm³/mol. The van der Waals surface area contributed by atoms with Gasteiger partial charge in [-0.15, -0.1) is 0 Å². The Labute approximate surface area is 113 Å². The summed E-state index contributed by atoms with van der Waals surface area (Å²) in [6.07, 6.45) is 1.48. The van der Waals surface area contributed by atoms with E-state index < -0.39 is 0 Å². The maximum Gasteiger partial charge on any atom is 0.148 e. The van der Waals surface area contributed by atoms with Gasteiger partial charge in [0, 0.05) is 11.3 Å². The van der Waals surface area contributed by atoms with Crippen LogP contribution in [0.25, 0.3) is 0 Å². The molecule has 0 saturated heterocycles. The average molecular weight is 257 g/mol. The molecular weight excluding hydrogens is 238 g/mol. The molecule has 1 aromatic heterocycles. The fraction of sp³-hybridized carbons (Fsp3) is 0.286. The summed E-state index contributed by atoms with van der Waals surface area (Å²) in [6.45, 7) is 6.26. The molecule has 0 fully saturated rings. The summed E-state index contributed by atoms with van der Waals surface area (Å²) in [5, 5.41) is 3.30. The maximum absolute atomic E-state index is 5.41. The summed E-state index contributed by atoms with van der Waals surface area (Å²) < 4.78 is 0. The van der Waals surface area contributed by atoms with Crippen molar-refractivity contribution in [3.8, 4) is 0 Å². The third-order valence-electron chi connectivity index (χ3n) is 3.04. The van der Waals surface area contributed by atoms with E-state index in [2.05, 4.69) is 46.7 Å². The van der Waals surface area contributed by atoms with Crippen LogP contribution < -0.4 is 16.6 Å². The van der Waals surface area contributed by atoms with Crippen molar-refractivity contribution >= 4 is 17.3 Å². The minimum Gasteiger partial charge on any atom is -0.340 e. The molecule has 0 atom stereocenters. The quantitative estimate of drug-likeness (QED) is 0.580. The van der Waals surface area contributed by atoms with Crippen molar-refractivity contribution in [2.45, 2.75) is 26.7 Å². The zero-order valence-electron chi connectivity index (χ0n) is 11.4. The van der Waals surface area contributed by atoms with Gasteiger partial charge in [-0.1, -0.05) is 26.0 Å². The Kier molecular flexibility index (Phi) is 3.97. The molecule has 0 bridgehead atoms. The number of aromatic nitrogens is 2. The number of nitrogen functional groups attached to an aromatic ring is 1. The first-order valence-electron chi connectivity index (χ1n) is 6.27. The first-order chi connectivity index (χ1) is 9.11. The number of hydrazine groups is 1. The second kappa shape index (κ2) is 5.67. The van der Waals surface area contributed by atoms with Crippen molar-refractivity contribution < 1.29 is 0 Å². The van der Waals surface area contributed by atoms with Crippen LogP contribution in [0, 0.1) is 6.92 Å². The fourth-order valence-electron chi connectivity index (χ4n) is 1.83. The Morgan fingerprint density at radius 3 is 2.58 bits per heavy atom. The van der Waals surface area contributed by atoms with Crippen LogP contribution in [0.4, 0.5) is 17.3 Å². The standard InChI is InChI=1S/C14H19N5/c1-9(2)11-5-4-6-12(7-11)18-13-10(3)14(19-15)17-8-16-13/h4-9H,15H2,1-3H3,(H2,16,17,18,19). The molecule has 0 unspecified atom stereocenters. The first-order valence-corrected chi connectivity index (χ1v) is 6.27. The molecule has 0 spiro atoms. The number of nitrogens with two attached hydrogens (primary N) is 1. The lowest BCUT2D eigenvalue weighted by Gasteiger charge is -2.12. The Morgan fingerprint density at radius 2 is 1.89 bits per heavy atom. The summed E-state index contributed by atoms with van der Waals surface area (Å²) in [4.78, 5) is 8.30. The number of benzene rings is 1. The Hall–Kier alpha value is -2.14. The molecular formula is C14H19N5. The predicted octanol–water partition coefficient (Wildman–Crippen LogP) is 2.94. The van der Waals surface area contributed by atoms with Gasteiger partial charge < -0.3 is 10.7 Å². The van der Waals surface area contributed by atoms with Gasteiger partial charge in [-0.2, -0.15) is 0 Å². The van der Waals surface area contributed by atoms with E-state index in [0.717, 1.165) is 17.1 Å². The van der Waals surface area contributed by atoms with Gasteiger partial charge in [-0.3, -0.25) is 0 Å². The van der Waals surface area contributed by atoms with Crippen LogP contribution in [0.1, 0.15) is 30.9 Å². The summed E-state index contributed by atoms with van der Waals surface area (Å²) in [7, 11) is 0. The molecule has 1 aromatic carbocycles. The number of nitrogens with zero attached hydrogens (tertiary/aromatic N) is 2. The Balaban J connectivity index is 2.28. The van der Waals surface area contributed by atoms with Gasteiger partial charge in [0.25, 0.3) is 0 Å². The topological polar surface area (TPSA) is 75.9 Å². The molecule has 0 amide bonds. The van der Waals surface area contributed by atoms with Gasteiger partial charge in [0.05, 0.1) is 0 Å². The Bertz CT molecular complexity index is 566.